The van der Waals surface area contributed by atoms with Crippen molar-refractivity contribution in [3.8, 4) is 11.5 Å². The zero-order chi connectivity index (χ0) is 37.9. The van der Waals surface area contributed by atoms with E-state index in [9.17, 15) is 14.4 Å². The average Bonchev–Trinajstić information content (AvgIpc) is 3.80. The summed E-state index contributed by atoms with van der Waals surface area (Å²) in [5, 5.41) is 4.29. The Morgan fingerprint density at radius 3 is 2.59 bits per heavy atom. The number of pyridine rings is 1. The van der Waals surface area contributed by atoms with Gasteiger partial charge in [-0.15, -0.1) is 0 Å². The van der Waals surface area contributed by atoms with Crippen molar-refractivity contribution in [2.24, 2.45) is 5.41 Å². The second kappa shape index (κ2) is 14.0. The van der Waals surface area contributed by atoms with Crippen LogP contribution in [0, 0.1) is 5.41 Å². The van der Waals surface area contributed by atoms with Gasteiger partial charge in [-0.2, -0.15) is 0 Å². The molecule has 1 aromatic carbocycles. The van der Waals surface area contributed by atoms with E-state index >= 15 is 0 Å². The molecule has 6 heterocycles. The Hall–Kier alpha value is -4.45. The average molecular weight is 738 g/mol. The molecule has 0 spiro atoms. The molecule has 1 N–H and O–H groups in total. The van der Waals surface area contributed by atoms with Gasteiger partial charge in [0.1, 0.15) is 11.2 Å². The lowest BCUT2D eigenvalue weighted by Gasteiger charge is -2.40. The van der Waals surface area contributed by atoms with Crippen molar-refractivity contribution in [1.29, 1.82) is 0 Å². The molecular formula is C42H55N7O5. The van der Waals surface area contributed by atoms with Crippen LogP contribution in [0.25, 0.3) is 33.6 Å². The topological polar surface area (TPSA) is 124 Å². The Morgan fingerprint density at radius 2 is 1.81 bits per heavy atom. The van der Waals surface area contributed by atoms with Crippen LogP contribution in [0.15, 0.2) is 30.3 Å². The number of amides is 3. The maximum Gasteiger partial charge on any atom is 0.410 e. The molecule has 4 aliphatic rings. The zero-order valence-corrected chi connectivity index (χ0v) is 32.7. The summed E-state index contributed by atoms with van der Waals surface area (Å²) >= 11 is 0. The molecule has 12 heteroatoms. The number of nitrogens with one attached hydrogen (secondary N) is 1. The number of aryl methyl sites for hydroxylation is 1. The number of nitrogens with zero attached hydrogens (tertiary/aromatic N) is 6. The van der Waals surface area contributed by atoms with Gasteiger partial charge in [0.25, 0.3) is 5.91 Å². The summed E-state index contributed by atoms with van der Waals surface area (Å²) in [6.45, 7) is 14.7. The first-order chi connectivity index (χ1) is 25.8. The van der Waals surface area contributed by atoms with E-state index in [0.717, 1.165) is 103 Å². The number of rotatable bonds is 4. The van der Waals surface area contributed by atoms with E-state index < -0.39 is 11.0 Å². The van der Waals surface area contributed by atoms with Gasteiger partial charge >= 0.3 is 6.09 Å². The molecule has 1 saturated heterocycles. The number of carbonyl (C=O) groups excluding carboxylic acids is 3. The van der Waals surface area contributed by atoms with E-state index in [1.165, 1.54) is 0 Å². The zero-order valence-electron chi connectivity index (χ0n) is 32.7. The smallest absolute Gasteiger partial charge is 0.410 e. The third-order valence-corrected chi connectivity index (χ3v) is 11.6. The van der Waals surface area contributed by atoms with Crippen LogP contribution >= 0.6 is 0 Å². The standard InChI is InChI=1S/C42H55N7O5/c1-26-32-14-11-28-22-35(48(36(28)44-32)17-10-8-7-9-16-42(5,6)39(51)43-26)37-45-33-23-31-27(21-34(33)49(37)29-12-13-29)15-18-46(38(31)50)24-30-25-53-20-19-47(30)40(52)54-41(2,3)4/h11,14,21-23,26,29-30H,7-10,12-13,15-20,24-25H2,1-6H3,(H,43,51)/t26-,30+/m1/s1. The van der Waals surface area contributed by atoms with Gasteiger partial charge in [0.15, 0.2) is 5.82 Å². The van der Waals surface area contributed by atoms with Gasteiger partial charge in [-0.05, 0) is 95.7 Å². The summed E-state index contributed by atoms with van der Waals surface area (Å²) in [6, 6.07) is 10.4. The fourth-order valence-corrected chi connectivity index (χ4v) is 8.36. The lowest BCUT2D eigenvalue weighted by molar-refractivity contribution is -0.130. The number of hydrogen-bond acceptors (Lipinski definition) is 7. The third kappa shape index (κ3) is 7.09. The highest BCUT2D eigenvalue weighted by Crippen LogP contribution is 2.43. The second-order valence-electron chi connectivity index (χ2n) is 17.5. The van der Waals surface area contributed by atoms with Crippen molar-refractivity contribution in [2.75, 3.05) is 32.8 Å². The number of aromatic nitrogens is 4. The first kappa shape index (κ1) is 36.5. The maximum absolute atomic E-state index is 14.2. The van der Waals surface area contributed by atoms with E-state index in [1.807, 2.05) is 58.6 Å². The van der Waals surface area contributed by atoms with Gasteiger partial charge in [-0.1, -0.05) is 33.1 Å². The first-order valence-electron chi connectivity index (χ1n) is 20.0. The summed E-state index contributed by atoms with van der Waals surface area (Å²) < 4.78 is 16.2. The van der Waals surface area contributed by atoms with Crippen LogP contribution in [0.2, 0.25) is 0 Å². The second-order valence-corrected chi connectivity index (χ2v) is 17.5. The highest BCUT2D eigenvalue weighted by atomic mass is 16.6. The molecule has 288 valence electrons. The van der Waals surface area contributed by atoms with E-state index in [4.69, 9.17) is 19.4 Å². The Morgan fingerprint density at radius 1 is 1.02 bits per heavy atom. The van der Waals surface area contributed by atoms with Crippen LogP contribution in [-0.4, -0.2) is 91.3 Å². The summed E-state index contributed by atoms with van der Waals surface area (Å²) in [6.07, 6.45) is 7.55. The monoisotopic (exact) mass is 737 g/mol. The van der Waals surface area contributed by atoms with Gasteiger partial charge in [0.05, 0.1) is 47.7 Å². The van der Waals surface area contributed by atoms with Gasteiger partial charge in [0.2, 0.25) is 5.91 Å². The number of ether oxygens (including phenoxy) is 2. The molecule has 54 heavy (non-hydrogen) atoms. The minimum Gasteiger partial charge on any atom is -0.444 e. The molecule has 1 saturated carbocycles. The van der Waals surface area contributed by atoms with E-state index in [0.29, 0.717) is 44.5 Å². The highest BCUT2D eigenvalue weighted by molar-refractivity contribution is 6.01. The summed E-state index contributed by atoms with van der Waals surface area (Å²) in [5.74, 6) is 0.938. The van der Waals surface area contributed by atoms with E-state index in [1.54, 1.807) is 4.90 Å². The predicted octanol–water partition coefficient (Wildman–Crippen LogP) is 7.19. The van der Waals surface area contributed by atoms with E-state index in [2.05, 4.69) is 32.7 Å². The van der Waals surface area contributed by atoms with Crippen molar-refractivity contribution in [3.63, 3.8) is 0 Å². The van der Waals surface area contributed by atoms with Gasteiger partial charge in [0, 0.05) is 48.6 Å². The molecule has 4 aromatic rings. The van der Waals surface area contributed by atoms with Crippen molar-refractivity contribution in [1.82, 2.24) is 34.2 Å². The summed E-state index contributed by atoms with van der Waals surface area (Å²) in [4.78, 5) is 54.6. The Kier molecular flexibility index (Phi) is 9.47. The fourth-order valence-electron chi connectivity index (χ4n) is 8.36. The Balaban J connectivity index is 1.13. The molecule has 2 fully saturated rings. The summed E-state index contributed by atoms with van der Waals surface area (Å²) in [7, 11) is 0. The molecule has 0 radical (unpaired) electrons. The van der Waals surface area contributed by atoms with Crippen LogP contribution in [0.1, 0.15) is 120 Å². The Labute approximate surface area is 317 Å². The Bertz CT molecular complexity index is 2100. The van der Waals surface area contributed by atoms with Crippen LogP contribution in [0.3, 0.4) is 0 Å². The molecular weight excluding hydrogens is 683 g/mol. The normalized spacial score (nSPS) is 22.7. The molecule has 2 atom stereocenters. The minimum atomic E-state index is -0.608. The maximum atomic E-state index is 14.2. The fraction of sp³-hybridized carbons (Fsp3) is 0.595. The number of morpholine rings is 1. The van der Waals surface area contributed by atoms with E-state index in [-0.39, 0.29) is 30.0 Å². The molecule has 0 unspecified atom stereocenters. The van der Waals surface area contributed by atoms with Crippen molar-refractivity contribution in [2.45, 2.75) is 123 Å². The molecule has 12 nitrogen and oxygen atoms in total. The van der Waals surface area contributed by atoms with Crippen molar-refractivity contribution in [3.05, 3.63) is 47.2 Å². The first-order valence-corrected chi connectivity index (χ1v) is 20.0. The van der Waals surface area contributed by atoms with Crippen molar-refractivity contribution < 1.29 is 23.9 Å². The number of imidazole rings is 1. The number of fused-ring (bicyclic) bond motifs is 3. The molecule has 3 aromatic heterocycles. The van der Waals surface area contributed by atoms with Gasteiger partial charge < -0.3 is 28.8 Å². The molecule has 8 rings (SSSR count). The van der Waals surface area contributed by atoms with Gasteiger partial charge in [-0.25, -0.2) is 14.8 Å². The largest absolute Gasteiger partial charge is 0.444 e. The predicted molar refractivity (Wildman–Crippen MR) is 207 cm³/mol. The quantitative estimate of drug-likeness (QED) is 0.235. The number of hydrogen-bond donors (Lipinski definition) is 1. The van der Waals surface area contributed by atoms with Crippen molar-refractivity contribution >= 4 is 40.0 Å². The molecule has 1 aliphatic carbocycles. The molecule has 3 aliphatic heterocycles. The van der Waals surface area contributed by atoms with Crippen LogP contribution in [-0.2, 0) is 27.2 Å². The lowest BCUT2D eigenvalue weighted by atomic mass is 9.85. The SMILES string of the molecule is C[C@H]1NC(=O)C(C)(C)CCCCCCn2c(-c3nc4cc5c(cc4n3C3CC3)CCN(C[C@H]3COCCN3C(=O)OC(C)(C)C)C5=O)cc3ccc1nc32. The number of carbonyl (C=O) groups is 3. The third-order valence-electron chi connectivity index (χ3n) is 11.6. The lowest BCUT2D eigenvalue weighted by Crippen LogP contribution is -2.56. The van der Waals surface area contributed by atoms with Crippen LogP contribution < -0.4 is 5.32 Å². The minimum absolute atomic E-state index is 0.0426. The highest BCUT2D eigenvalue weighted by Gasteiger charge is 2.37. The van der Waals surface area contributed by atoms with Crippen LogP contribution in [0.4, 0.5) is 4.79 Å². The van der Waals surface area contributed by atoms with Gasteiger partial charge in [-0.3, -0.25) is 14.5 Å². The number of benzene rings is 1. The summed E-state index contributed by atoms with van der Waals surface area (Å²) in [5.41, 5.74) is 5.34. The molecule has 3 amide bonds. The van der Waals surface area contributed by atoms with Crippen LogP contribution in [0.5, 0.6) is 0 Å². The molecule has 2 bridgehead atoms.